The summed E-state index contributed by atoms with van der Waals surface area (Å²) in [6, 6.07) is 13.3. The smallest absolute Gasteiger partial charge is 0.329 e. The van der Waals surface area contributed by atoms with Gasteiger partial charge in [-0.3, -0.25) is 29.3 Å². The Morgan fingerprint density at radius 1 is 0.865 bits per heavy atom. The number of aryl methyl sites for hydroxylation is 2. The Morgan fingerprint density at radius 3 is 2.19 bits per heavy atom. The van der Waals surface area contributed by atoms with Crippen LogP contribution >= 0.6 is 0 Å². The molecule has 0 aliphatic rings. The number of nitro groups is 1. The van der Waals surface area contributed by atoms with Crippen molar-refractivity contribution >= 4 is 46.9 Å². The quantitative estimate of drug-likeness (QED) is 0.164. The van der Waals surface area contributed by atoms with Crippen LogP contribution in [0.3, 0.4) is 0 Å². The Labute approximate surface area is 210 Å². The number of non-ortho nitro benzene ring substituents is 1. The average Bonchev–Trinajstić information content (AvgIpc) is 3.32. The largest absolute Gasteiger partial charge is 0.458 e. The molecule has 0 aliphatic carbocycles. The molecule has 0 aliphatic heterocycles. The highest BCUT2D eigenvalue weighted by molar-refractivity contribution is 6.40. The van der Waals surface area contributed by atoms with Gasteiger partial charge >= 0.3 is 23.6 Å². The van der Waals surface area contributed by atoms with Crippen molar-refractivity contribution in [2.45, 2.75) is 20.4 Å². The molecule has 4 amide bonds. The Balaban J connectivity index is 1.43. The highest BCUT2D eigenvalue weighted by Crippen LogP contribution is 2.15. The first-order valence-corrected chi connectivity index (χ1v) is 10.8. The monoisotopic (exact) mass is 506 g/mol. The van der Waals surface area contributed by atoms with Crippen molar-refractivity contribution in [3.63, 3.8) is 0 Å². The third kappa shape index (κ3) is 7.58. The molecule has 4 N–H and O–H groups in total. The molecule has 3 aromatic rings. The summed E-state index contributed by atoms with van der Waals surface area (Å²) in [4.78, 5) is 58.0. The van der Waals surface area contributed by atoms with Crippen molar-refractivity contribution in [3.8, 4) is 0 Å². The van der Waals surface area contributed by atoms with E-state index in [1.54, 1.807) is 12.1 Å². The third-order valence-corrected chi connectivity index (χ3v) is 4.98. The minimum atomic E-state index is -1.08. The van der Waals surface area contributed by atoms with E-state index in [4.69, 9.17) is 4.42 Å². The van der Waals surface area contributed by atoms with Gasteiger partial charge in [-0.1, -0.05) is 6.07 Å². The number of hydrazone groups is 1. The molecular weight excluding hydrogens is 484 g/mol. The predicted molar refractivity (Wildman–Crippen MR) is 133 cm³/mol. The third-order valence-electron chi connectivity index (χ3n) is 4.98. The summed E-state index contributed by atoms with van der Waals surface area (Å²) in [7, 11) is 0. The topological polar surface area (TPSA) is 185 Å². The van der Waals surface area contributed by atoms with Crippen molar-refractivity contribution in [2.24, 2.45) is 5.10 Å². The van der Waals surface area contributed by atoms with Crippen molar-refractivity contribution in [1.82, 2.24) is 10.7 Å². The van der Waals surface area contributed by atoms with E-state index >= 15 is 0 Å². The number of anilines is 2. The molecule has 3 rings (SSSR count). The van der Waals surface area contributed by atoms with Gasteiger partial charge in [-0.25, -0.2) is 5.43 Å². The minimum Gasteiger partial charge on any atom is -0.458 e. The van der Waals surface area contributed by atoms with E-state index in [-0.39, 0.29) is 23.7 Å². The molecule has 13 nitrogen and oxygen atoms in total. The number of nitrogens with zero attached hydrogens (tertiary/aromatic N) is 2. The lowest BCUT2D eigenvalue weighted by molar-refractivity contribution is -0.384. The highest BCUT2D eigenvalue weighted by Gasteiger charge is 2.15. The first-order chi connectivity index (χ1) is 17.6. The number of carbonyl (C=O) groups excluding carboxylic acids is 4. The number of nitro benzene ring substituents is 1. The zero-order valence-corrected chi connectivity index (χ0v) is 19.7. The van der Waals surface area contributed by atoms with Gasteiger partial charge in [-0.2, -0.15) is 5.10 Å². The number of nitrogens with one attached hydrogen (secondary N) is 4. The predicted octanol–water partition coefficient (Wildman–Crippen LogP) is 2.15. The summed E-state index contributed by atoms with van der Waals surface area (Å²) in [5, 5.41) is 21.5. The van der Waals surface area contributed by atoms with E-state index < -0.39 is 28.6 Å². The fourth-order valence-electron chi connectivity index (χ4n) is 2.87. The molecule has 0 spiro atoms. The molecule has 190 valence electrons. The molecule has 37 heavy (non-hydrogen) atoms. The molecule has 2 aromatic carbocycles. The fraction of sp³-hybridized carbons (Fsp3) is 0.125. The maximum Gasteiger partial charge on any atom is 0.329 e. The van der Waals surface area contributed by atoms with Crippen molar-refractivity contribution in [1.29, 1.82) is 0 Å². The lowest BCUT2D eigenvalue weighted by Gasteiger charge is -2.07. The second-order valence-electron chi connectivity index (χ2n) is 7.70. The first-order valence-electron chi connectivity index (χ1n) is 10.8. The van der Waals surface area contributed by atoms with Gasteiger partial charge in [-0.05, 0) is 61.4 Å². The SMILES string of the molecule is Cc1ccc(NC(=O)C(=O)NCc2ccc(/C=N\NC(=O)C(=O)Nc3ccc([N+](=O)[O-])cc3)o2)cc1C. The number of rotatable bonds is 7. The van der Waals surface area contributed by atoms with E-state index in [1.807, 2.05) is 25.3 Å². The summed E-state index contributed by atoms with van der Waals surface area (Å²) >= 11 is 0. The van der Waals surface area contributed by atoms with Crippen LogP contribution < -0.4 is 21.4 Å². The standard InChI is InChI=1S/C24H22N6O7/c1-14-3-4-17(11-15(14)2)28-22(32)21(31)25-12-19-9-10-20(37-19)13-26-29-24(34)23(33)27-16-5-7-18(8-6-16)30(35)36/h3-11,13H,12H2,1-2H3,(H,25,31)(H,27,33)(H,28,32)(H,29,34)/b26-13-. The number of hydrogen-bond donors (Lipinski definition) is 4. The van der Waals surface area contributed by atoms with Crippen LogP contribution in [0.5, 0.6) is 0 Å². The number of benzene rings is 2. The molecule has 0 bridgehead atoms. The summed E-state index contributed by atoms with van der Waals surface area (Å²) in [5.41, 5.74) is 4.58. The van der Waals surface area contributed by atoms with Crippen LogP contribution in [0, 0.1) is 24.0 Å². The van der Waals surface area contributed by atoms with E-state index in [0.717, 1.165) is 17.3 Å². The number of furan rings is 1. The molecule has 1 aromatic heterocycles. The molecule has 0 atom stereocenters. The van der Waals surface area contributed by atoms with Crippen LogP contribution in [0.2, 0.25) is 0 Å². The highest BCUT2D eigenvalue weighted by atomic mass is 16.6. The Hall–Kier alpha value is -5.33. The van der Waals surface area contributed by atoms with Gasteiger partial charge in [0, 0.05) is 23.5 Å². The fourth-order valence-corrected chi connectivity index (χ4v) is 2.87. The first kappa shape index (κ1) is 26.3. The Morgan fingerprint density at radius 2 is 1.51 bits per heavy atom. The van der Waals surface area contributed by atoms with Crippen LogP contribution in [0.25, 0.3) is 0 Å². The lowest BCUT2D eigenvalue weighted by atomic mass is 10.1. The summed E-state index contributed by atoms with van der Waals surface area (Å²) in [6.07, 6.45) is 1.13. The van der Waals surface area contributed by atoms with Crippen LogP contribution in [-0.4, -0.2) is 34.8 Å². The molecular formula is C24H22N6O7. The Kier molecular flexibility index (Phi) is 8.44. The number of hydrogen-bond acceptors (Lipinski definition) is 8. The molecule has 13 heteroatoms. The normalized spacial score (nSPS) is 10.5. The minimum absolute atomic E-state index is 0.0724. The van der Waals surface area contributed by atoms with Gasteiger partial charge in [0.2, 0.25) is 0 Å². The molecule has 0 radical (unpaired) electrons. The average molecular weight is 506 g/mol. The number of carbonyl (C=O) groups is 4. The summed E-state index contributed by atoms with van der Waals surface area (Å²) in [6.45, 7) is 3.76. The van der Waals surface area contributed by atoms with E-state index in [9.17, 15) is 29.3 Å². The summed E-state index contributed by atoms with van der Waals surface area (Å²) in [5.74, 6) is -3.27. The molecule has 0 saturated heterocycles. The van der Waals surface area contributed by atoms with Crippen molar-refractivity contribution in [3.05, 3.63) is 87.4 Å². The van der Waals surface area contributed by atoms with E-state index in [0.29, 0.717) is 11.4 Å². The van der Waals surface area contributed by atoms with Gasteiger partial charge in [0.1, 0.15) is 11.5 Å². The summed E-state index contributed by atoms with van der Waals surface area (Å²) < 4.78 is 5.43. The zero-order valence-electron chi connectivity index (χ0n) is 19.7. The Bertz CT molecular complexity index is 1380. The van der Waals surface area contributed by atoms with Crippen LogP contribution in [-0.2, 0) is 25.7 Å². The van der Waals surface area contributed by atoms with Gasteiger partial charge in [0.15, 0.2) is 0 Å². The van der Waals surface area contributed by atoms with Gasteiger partial charge < -0.3 is 20.4 Å². The molecule has 1 heterocycles. The molecule has 0 saturated carbocycles. The van der Waals surface area contributed by atoms with Gasteiger partial charge in [0.25, 0.3) is 5.69 Å². The lowest BCUT2D eigenvalue weighted by Crippen LogP contribution is -2.34. The van der Waals surface area contributed by atoms with Crippen LogP contribution in [0.1, 0.15) is 22.6 Å². The zero-order chi connectivity index (χ0) is 26.9. The van der Waals surface area contributed by atoms with Gasteiger partial charge in [-0.15, -0.1) is 0 Å². The maximum absolute atomic E-state index is 12.1. The molecule has 0 fully saturated rings. The van der Waals surface area contributed by atoms with Crippen LogP contribution in [0.4, 0.5) is 17.1 Å². The van der Waals surface area contributed by atoms with Crippen molar-refractivity contribution < 1.29 is 28.5 Å². The van der Waals surface area contributed by atoms with E-state index in [1.165, 1.54) is 36.4 Å². The van der Waals surface area contributed by atoms with Crippen LogP contribution in [0.15, 0.2) is 64.1 Å². The number of amides is 4. The second-order valence-corrected chi connectivity index (χ2v) is 7.70. The molecule has 0 unspecified atom stereocenters. The van der Waals surface area contributed by atoms with Gasteiger partial charge in [0.05, 0.1) is 17.7 Å². The van der Waals surface area contributed by atoms with E-state index in [2.05, 4.69) is 21.1 Å². The maximum atomic E-state index is 12.1. The van der Waals surface area contributed by atoms with Crippen molar-refractivity contribution in [2.75, 3.05) is 10.6 Å². The second kappa shape index (κ2) is 11.9.